The third-order valence-electron chi connectivity index (χ3n) is 9.43. The molecule has 0 fully saturated rings. The zero-order valence-electron chi connectivity index (χ0n) is 26.8. The van der Waals surface area contributed by atoms with Crippen molar-refractivity contribution in [1.29, 1.82) is 0 Å². The number of fused-ring (bicyclic) bond motifs is 6. The summed E-state index contributed by atoms with van der Waals surface area (Å²) in [4.78, 5) is 0. The lowest BCUT2D eigenvalue weighted by atomic mass is 9.86. The summed E-state index contributed by atoms with van der Waals surface area (Å²) in [6, 6.07) is 40.3. The zero-order chi connectivity index (χ0) is 31.6. The molecule has 1 aliphatic rings. The van der Waals surface area contributed by atoms with Crippen LogP contribution in [-0.4, -0.2) is 0 Å². The molecule has 0 radical (unpaired) electrons. The molecular formula is C46H38. The standard InChI is InChI=1S/C46H38/c1-5-6-7-16-31(2)37-19-8-9-20-39(32(37)3)40-26-15-25-38(33(40)4)36-18-14-17-34(29-36)35-27-28-45-43-23-11-10-21-41(43)42-22-12-13-24-44(42)46(45)30-35/h5-19,21-30H,2,20H2,1,3-4H3/b6-5-,16-7-. The summed E-state index contributed by atoms with van der Waals surface area (Å²) in [6.07, 6.45) is 15.7. The van der Waals surface area contributed by atoms with E-state index in [4.69, 9.17) is 0 Å². The molecule has 0 atom stereocenters. The topological polar surface area (TPSA) is 0 Å². The molecule has 0 nitrogen and oxygen atoms in total. The highest BCUT2D eigenvalue weighted by atomic mass is 14.2. The summed E-state index contributed by atoms with van der Waals surface area (Å²) in [5, 5.41) is 7.81. The molecule has 0 heterocycles. The SMILES string of the molecule is C=C(/C=C\C=C/C)C1=CC=CCC(c2cccc(-c3cccc(-c4ccc5c6ccccc6c6ccccc6c5c4)c3)c2C)=C1C. The lowest BCUT2D eigenvalue weighted by molar-refractivity contribution is 1.29. The Morgan fingerprint density at radius 2 is 1.22 bits per heavy atom. The van der Waals surface area contributed by atoms with Gasteiger partial charge < -0.3 is 0 Å². The predicted molar refractivity (Wildman–Crippen MR) is 202 cm³/mol. The highest BCUT2D eigenvalue weighted by Crippen LogP contribution is 2.40. The predicted octanol–water partition coefficient (Wildman–Crippen LogP) is 13.1. The molecule has 0 bridgehead atoms. The van der Waals surface area contributed by atoms with Crippen LogP contribution in [0.4, 0.5) is 0 Å². The number of hydrogen-bond donors (Lipinski definition) is 0. The van der Waals surface area contributed by atoms with Gasteiger partial charge in [-0.3, -0.25) is 0 Å². The van der Waals surface area contributed by atoms with E-state index in [1.165, 1.54) is 82.4 Å². The number of rotatable bonds is 6. The largest absolute Gasteiger partial charge is 0.0911 e. The van der Waals surface area contributed by atoms with Gasteiger partial charge in [0.25, 0.3) is 0 Å². The molecule has 0 unspecified atom stereocenters. The van der Waals surface area contributed by atoms with E-state index in [2.05, 4.69) is 160 Å². The minimum atomic E-state index is 0.891. The fourth-order valence-corrected chi connectivity index (χ4v) is 7.05. The second kappa shape index (κ2) is 12.5. The Kier molecular flexibility index (Phi) is 7.95. The first-order chi connectivity index (χ1) is 22.5. The normalized spacial score (nSPS) is 13.8. The Bertz CT molecular complexity index is 2280. The van der Waals surface area contributed by atoms with E-state index in [1.807, 2.05) is 19.1 Å². The van der Waals surface area contributed by atoms with Crippen LogP contribution in [0.5, 0.6) is 0 Å². The fourth-order valence-electron chi connectivity index (χ4n) is 7.05. The molecule has 0 amide bonds. The Balaban J connectivity index is 1.31. The average molecular weight is 591 g/mol. The van der Waals surface area contributed by atoms with Crippen molar-refractivity contribution < 1.29 is 0 Å². The van der Waals surface area contributed by atoms with Crippen LogP contribution in [0.3, 0.4) is 0 Å². The molecule has 7 rings (SSSR count). The average Bonchev–Trinajstić information content (AvgIpc) is 3.29. The lowest BCUT2D eigenvalue weighted by Gasteiger charge is -2.18. The summed E-state index contributed by atoms with van der Waals surface area (Å²) >= 11 is 0. The molecule has 6 aromatic rings. The van der Waals surface area contributed by atoms with Crippen LogP contribution in [-0.2, 0) is 0 Å². The lowest BCUT2D eigenvalue weighted by Crippen LogP contribution is -1.97. The molecule has 0 saturated carbocycles. The van der Waals surface area contributed by atoms with E-state index in [0.29, 0.717) is 0 Å². The molecule has 0 aromatic heterocycles. The zero-order valence-corrected chi connectivity index (χ0v) is 26.8. The molecule has 6 aromatic carbocycles. The molecule has 1 aliphatic carbocycles. The van der Waals surface area contributed by atoms with Gasteiger partial charge in [0.2, 0.25) is 0 Å². The van der Waals surface area contributed by atoms with E-state index in [9.17, 15) is 0 Å². The maximum Gasteiger partial charge on any atom is -0.00854 e. The van der Waals surface area contributed by atoms with Crippen molar-refractivity contribution in [2.24, 2.45) is 0 Å². The van der Waals surface area contributed by atoms with Gasteiger partial charge in [-0.1, -0.05) is 146 Å². The Morgan fingerprint density at radius 3 is 1.93 bits per heavy atom. The van der Waals surface area contributed by atoms with E-state index in [0.717, 1.165) is 12.0 Å². The van der Waals surface area contributed by atoms with Crippen molar-refractivity contribution in [3.8, 4) is 22.3 Å². The third kappa shape index (κ3) is 5.27. The number of hydrogen-bond acceptors (Lipinski definition) is 0. The van der Waals surface area contributed by atoms with Crippen molar-refractivity contribution in [3.05, 3.63) is 186 Å². The second-order valence-corrected chi connectivity index (χ2v) is 12.1. The van der Waals surface area contributed by atoms with Crippen LogP contribution in [0, 0.1) is 6.92 Å². The molecule has 0 heteroatoms. The molecule has 0 saturated heterocycles. The van der Waals surface area contributed by atoms with Crippen molar-refractivity contribution in [2.45, 2.75) is 27.2 Å². The van der Waals surface area contributed by atoms with Gasteiger partial charge in [-0.15, -0.1) is 0 Å². The van der Waals surface area contributed by atoms with Crippen LogP contribution in [0.2, 0.25) is 0 Å². The van der Waals surface area contributed by atoms with Crippen molar-refractivity contribution in [1.82, 2.24) is 0 Å². The van der Waals surface area contributed by atoms with Crippen molar-refractivity contribution in [2.75, 3.05) is 0 Å². The van der Waals surface area contributed by atoms with Crippen LogP contribution >= 0.6 is 0 Å². The van der Waals surface area contributed by atoms with Crippen LogP contribution in [0.25, 0.3) is 60.1 Å². The van der Waals surface area contributed by atoms with E-state index >= 15 is 0 Å². The van der Waals surface area contributed by atoms with Crippen LogP contribution in [0.1, 0.15) is 31.4 Å². The van der Waals surface area contributed by atoms with Gasteiger partial charge in [-0.05, 0) is 127 Å². The number of allylic oxidation sites excluding steroid dienone is 11. The first-order valence-corrected chi connectivity index (χ1v) is 16.1. The van der Waals surface area contributed by atoms with E-state index < -0.39 is 0 Å². The van der Waals surface area contributed by atoms with Gasteiger partial charge in [0, 0.05) is 0 Å². The van der Waals surface area contributed by atoms with Gasteiger partial charge >= 0.3 is 0 Å². The van der Waals surface area contributed by atoms with E-state index in [-0.39, 0.29) is 0 Å². The first kappa shape index (κ1) is 29.3. The molecule has 0 aliphatic heterocycles. The van der Waals surface area contributed by atoms with Gasteiger partial charge in [-0.25, -0.2) is 0 Å². The summed E-state index contributed by atoms with van der Waals surface area (Å²) in [7, 11) is 0. The smallest absolute Gasteiger partial charge is 0.00854 e. The molecular weight excluding hydrogens is 553 g/mol. The summed E-state index contributed by atoms with van der Waals surface area (Å²) < 4.78 is 0. The second-order valence-electron chi connectivity index (χ2n) is 12.1. The first-order valence-electron chi connectivity index (χ1n) is 16.1. The highest BCUT2D eigenvalue weighted by molar-refractivity contribution is 6.25. The quantitative estimate of drug-likeness (QED) is 0.134. The van der Waals surface area contributed by atoms with Crippen molar-refractivity contribution >= 4 is 37.9 Å². The minimum Gasteiger partial charge on any atom is -0.0911 e. The van der Waals surface area contributed by atoms with Crippen LogP contribution < -0.4 is 0 Å². The van der Waals surface area contributed by atoms with Gasteiger partial charge in [0.1, 0.15) is 0 Å². The molecule has 46 heavy (non-hydrogen) atoms. The van der Waals surface area contributed by atoms with Gasteiger partial charge in [-0.2, -0.15) is 0 Å². The summed E-state index contributed by atoms with van der Waals surface area (Å²) in [6.45, 7) is 10.9. The number of benzene rings is 6. The Hall–Kier alpha value is -5.46. The maximum absolute atomic E-state index is 4.39. The maximum atomic E-state index is 4.39. The monoisotopic (exact) mass is 590 g/mol. The Morgan fingerprint density at radius 1 is 0.609 bits per heavy atom. The third-order valence-corrected chi connectivity index (χ3v) is 9.43. The van der Waals surface area contributed by atoms with Gasteiger partial charge in [0.05, 0.1) is 0 Å². The summed E-state index contributed by atoms with van der Waals surface area (Å²) in [5.41, 5.74) is 12.4. The van der Waals surface area contributed by atoms with Crippen LogP contribution in [0.15, 0.2) is 175 Å². The van der Waals surface area contributed by atoms with Crippen molar-refractivity contribution in [3.63, 3.8) is 0 Å². The summed E-state index contributed by atoms with van der Waals surface area (Å²) in [5.74, 6) is 0. The molecule has 0 N–H and O–H groups in total. The molecule has 0 spiro atoms. The minimum absolute atomic E-state index is 0.891. The van der Waals surface area contributed by atoms with Gasteiger partial charge in [0.15, 0.2) is 0 Å². The Labute approximate surface area is 272 Å². The fraction of sp³-hybridized carbons (Fsp3) is 0.0870. The van der Waals surface area contributed by atoms with E-state index in [1.54, 1.807) is 0 Å². The molecule has 222 valence electrons. The highest BCUT2D eigenvalue weighted by Gasteiger charge is 2.16.